The predicted molar refractivity (Wildman–Crippen MR) is 122 cm³/mol. The molecule has 3 aromatic rings. The number of hydrogen-bond donors (Lipinski definition) is 2. The summed E-state index contributed by atoms with van der Waals surface area (Å²) in [5.74, 6) is 0.852. The molecule has 0 aliphatic carbocycles. The highest BCUT2D eigenvalue weighted by Gasteiger charge is 2.01. The highest BCUT2D eigenvalue weighted by atomic mass is 32.1. The van der Waals surface area contributed by atoms with E-state index in [1.54, 1.807) is 0 Å². The summed E-state index contributed by atoms with van der Waals surface area (Å²) < 4.78 is 11.2. The summed E-state index contributed by atoms with van der Waals surface area (Å²) in [6.45, 7) is 4.50. The first-order chi connectivity index (χ1) is 14.2. The molecule has 0 aliphatic heterocycles. The molecule has 0 atom stereocenters. The molecule has 3 aromatic carbocycles. The van der Waals surface area contributed by atoms with E-state index in [2.05, 4.69) is 47.0 Å². The van der Waals surface area contributed by atoms with E-state index in [0.29, 0.717) is 31.5 Å². The Morgan fingerprint density at radius 3 is 2.07 bits per heavy atom. The lowest BCUT2D eigenvalue weighted by atomic mass is 10.1. The molecule has 0 fully saturated rings. The number of hydrogen-bond acceptors (Lipinski definition) is 3. The molecule has 0 amide bonds. The third-order valence-corrected chi connectivity index (χ3v) is 4.53. The van der Waals surface area contributed by atoms with E-state index in [1.165, 1.54) is 5.56 Å². The Morgan fingerprint density at radius 2 is 1.41 bits per heavy atom. The Bertz CT molecular complexity index is 881. The van der Waals surface area contributed by atoms with Crippen molar-refractivity contribution in [2.24, 2.45) is 0 Å². The van der Waals surface area contributed by atoms with Gasteiger partial charge < -0.3 is 20.1 Å². The van der Waals surface area contributed by atoms with Crippen molar-refractivity contribution in [3.8, 4) is 5.75 Å². The van der Waals surface area contributed by atoms with Gasteiger partial charge in [0, 0.05) is 12.2 Å². The Hall–Kier alpha value is -2.89. The van der Waals surface area contributed by atoms with Gasteiger partial charge in [0.25, 0.3) is 0 Å². The summed E-state index contributed by atoms with van der Waals surface area (Å²) in [7, 11) is 0. The highest BCUT2D eigenvalue weighted by molar-refractivity contribution is 7.80. The smallest absolute Gasteiger partial charge is 0.171 e. The number of thiocarbonyl (C=S) groups is 1. The van der Waals surface area contributed by atoms with Gasteiger partial charge in [0.2, 0.25) is 0 Å². The van der Waals surface area contributed by atoms with Crippen molar-refractivity contribution >= 4 is 23.0 Å². The minimum absolute atomic E-state index is 0.587. The van der Waals surface area contributed by atoms with Crippen LogP contribution < -0.4 is 15.4 Å². The Balaban J connectivity index is 1.39. The second-order valence-corrected chi connectivity index (χ2v) is 6.97. The fourth-order valence-electron chi connectivity index (χ4n) is 2.77. The molecule has 4 nitrogen and oxygen atoms in total. The maximum Gasteiger partial charge on any atom is 0.171 e. The van der Waals surface area contributed by atoms with Crippen molar-refractivity contribution < 1.29 is 9.47 Å². The van der Waals surface area contributed by atoms with Gasteiger partial charge in [0.1, 0.15) is 5.75 Å². The topological polar surface area (TPSA) is 42.5 Å². The van der Waals surface area contributed by atoms with Gasteiger partial charge in [-0.1, -0.05) is 54.6 Å². The first-order valence-electron chi connectivity index (χ1n) is 9.70. The van der Waals surface area contributed by atoms with Crippen molar-refractivity contribution in [3.63, 3.8) is 0 Å². The molecule has 0 bridgehead atoms. The van der Waals surface area contributed by atoms with Crippen LogP contribution in [0.4, 0.5) is 5.69 Å². The van der Waals surface area contributed by atoms with Crippen LogP contribution in [0.5, 0.6) is 5.75 Å². The summed E-state index contributed by atoms with van der Waals surface area (Å²) in [5, 5.41) is 7.00. The van der Waals surface area contributed by atoms with Crippen molar-refractivity contribution in [3.05, 3.63) is 95.6 Å². The maximum absolute atomic E-state index is 5.78. The first-order valence-corrected chi connectivity index (χ1v) is 10.1. The zero-order valence-electron chi connectivity index (χ0n) is 16.6. The van der Waals surface area contributed by atoms with Crippen molar-refractivity contribution in [2.45, 2.75) is 26.7 Å². The molecular weight excluding hydrogens is 380 g/mol. The number of rotatable bonds is 9. The fourth-order valence-corrected chi connectivity index (χ4v) is 2.96. The highest BCUT2D eigenvalue weighted by Crippen LogP contribution is 2.15. The van der Waals surface area contributed by atoms with Gasteiger partial charge in [0.05, 0.1) is 19.8 Å². The average Bonchev–Trinajstić information content (AvgIpc) is 2.75. The van der Waals surface area contributed by atoms with Crippen LogP contribution >= 0.6 is 12.2 Å². The van der Waals surface area contributed by atoms with Gasteiger partial charge in [-0.2, -0.15) is 0 Å². The minimum Gasteiger partial charge on any atom is -0.494 e. The predicted octanol–water partition coefficient (Wildman–Crippen LogP) is 5.29. The fraction of sp³-hybridized carbons (Fsp3) is 0.208. The summed E-state index contributed by atoms with van der Waals surface area (Å²) in [5.41, 5.74) is 4.42. The van der Waals surface area contributed by atoms with Gasteiger partial charge in [-0.3, -0.25) is 0 Å². The lowest BCUT2D eigenvalue weighted by Gasteiger charge is -2.12. The largest absolute Gasteiger partial charge is 0.494 e. The van der Waals surface area contributed by atoms with Crippen LogP contribution in [0, 0.1) is 0 Å². The molecular formula is C24H26N2O2S. The lowest BCUT2D eigenvalue weighted by molar-refractivity contribution is 0.107. The van der Waals surface area contributed by atoms with E-state index in [9.17, 15) is 0 Å². The summed E-state index contributed by atoms with van der Waals surface area (Å²) in [6, 6.07) is 26.3. The lowest BCUT2D eigenvalue weighted by Crippen LogP contribution is -2.27. The van der Waals surface area contributed by atoms with Crippen molar-refractivity contribution in [1.82, 2.24) is 5.32 Å². The van der Waals surface area contributed by atoms with Gasteiger partial charge >= 0.3 is 0 Å². The quantitative estimate of drug-likeness (QED) is 0.473. The summed E-state index contributed by atoms with van der Waals surface area (Å²) in [4.78, 5) is 0. The molecule has 0 spiro atoms. The average molecular weight is 407 g/mol. The summed E-state index contributed by atoms with van der Waals surface area (Å²) in [6.07, 6.45) is 0. The molecule has 0 aliphatic rings. The molecule has 2 N–H and O–H groups in total. The minimum atomic E-state index is 0.587. The molecule has 0 unspecified atom stereocenters. The Labute approximate surface area is 177 Å². The van der Waals surface area contributed by atoms with Crippen LogP contribution in [-0.4, -0.2) is 11.7 Å². The van der Waals surface area contributed by atoms with Gasteiger partial charge in [-0.25, -0.2) is 0 Å². The SMILES string of the molecule is CCOc1ccc(NC(=S)NCc2ccc(COCc3ccccc3)cc2)cc1. The molecule has 150 valence electrons. The van der Waals surface area contributed by atoms with Crippen LogP contribution in [0.25, 0.3) is 0 Å². The number of ether oxygens (including phenoxy) is 2. The zero-order chi connectivity index (χ0) is 20.3. The summed E-state index contributed by atoms with van der Waals surface area (Å²) >= 11 is 5.38. The van der Waals surface area contributed by atoms with Crippen molar-refractivity contribution in [1.29, 1.82) is 0 Å². The monoisotopic (exact) mass is 406 g/mol. The van der Waals surface area contributed by atoms with Crippen LogP contribution in [0.2, 0.25) is 0 Å². The number of benzene rings is 3. The normalized spacial score (nSPS) is 10.4. The van der Waals surface area contributed by atoms with Gasteiger partial charge in [-0.15, -0.1) is 0 Å². The van der Waals surface area contributed by atoms with E-state index >= 15 is 0 Å². The number of nitrogens with one attached hydrogen (secondary N) is 2. The van der Waals surface area contributed by atoms with E-state index in [1.807, 2.05) is 49.4 Å². The maximum atomic E-state index is 5.78. The Morgan fingerprint density at radius 1 is 0.793 bits per heavy atom. The van der Waals surface area contributed by atoms with Crippen LogP contribution in [0.3, 0.4) is 0 Å². The van der Waals surface area contributed by atoms with E-state index < -0.39 is 0 Å². The van der Waals surface area contributed by atoms with E-state index in [4.69, 9.17) is 21.7 Å². The third-order valence-electron chi connectivity index (χ3n) is 4.28. The van der Waals surface area contributed by atoms with Gasteiger partial charge in [0.15, 0.2) is 5.11 Å². The van der Waals surface area contributed by atoms with Gasteiger partial charge in [-0.05, 0) is 60.1 Å². The second-order valence-electron chi connectivity index (χ2n) is 6.56. The van der Waals surface area contributed by atoms with Crippen LogP contribution in [-0.2, 0) is 24.5 Å². The van der Waals surface area contributed by atoms with E-state index in [0.717, 1.165) is 22.6 Å². The number of anilines is 1. The van der Waals surface area contributed by atoms with E-state index in [-0.39, 0.29) is 0 Å². The molecule has 3 rings (SSSR count). The molecule has 0 saturated heterocycles. The Kier molecular flexibility index (Phi) is 8.04. The van der Waals surface area contributed by atoms with Crippen LogP contribution in [0.1, 0.15) is 23.6 Å². The molecule has 5 heteroatoms. The third kappa shape index (κ3) is 7.22. The molecule has 0 aromatic heterocycles. The molecule has 0 radical (unpaired) electrons. The molecule has 0 heterocycles. The standard InChI is InChI=1S/C24H26N2O2S/c1-2-28-23-14-12-22(13-15-23)26-24(29)25-16-19-8-10-21(11-9-19)18-27-17-20-6-4-3-5-7-20/h3-15H,2,16-18H2,1H3,(H2,25,26,29). The van der Waals surface area contributed by atoms with Crippen LogP contribution in [0.15, 0.2) is 78.9 Å². The zero-order valence-corrected chi connectivity index (χ0v) is 17.4. The molecule has 29 heavy (non-hydrogen) atoms. The second kappa shape index (κ2) is 11.2. The van der Waals surface area contributed by atoms with Crippen molar-refractivity contribution in [2.75, 3.05) is 11.9 Å². The molecule has 0 saturated carbocycles. The first kappa shape index (κ1) is 20.8.